The number of rotatable bonds is 5. The van der Waals surface area contributed by atoms with Crippen LogP contribution in [0.15, 0.2) is 42.5 Å². The predicted octanol–water partition coefficient (Wildman–Crippen LogP) is 3.14. The molecule has 0 bridgehead atoms. The summed E-state index contributed by atoms with van der Waals surface area (Å²) in [4.78, 5) is 23.6. The van der Waals surface area contributed by atoms with Crippen molar-refractivity contribution in [1.29, 1.82) is 0 Å². The van der Waals surface area contributed by atoms with Crippen molar-refractivity contribution < 1.29 is 31.5 Å². The molecule has 26 heavy (non-hydrogen) atoms. The number of alkyl halides is 3. The molecule has 0 aliphatic carbocycles. The molecule has 0 heterocycles. The average Bonchev–Trinajstić information content (AvgIpc) is 2.57. The fourth-order valence-corrected chi connectivity index (χ4v) is 2.14. The monoisotopic (exact) mass is 372 g/mol. The van der Waals surface area contributed by atoms with Crippen LogP contribution in [0.3, 0.4) is 0 Å². The zero-order valence-corrected chi connectivity index (χ0v) is 13.2. The first-order valence-corrected chi connectivity index (χ1v) is 7.38. The number of benzene rings is 2. The van der Waals surface area contributed by atoms with Gasteiger partial charge < -0.3 is 10.6 Å². The lowest BCUT2D eigenvalue weighted by Crippen LogP contribution is -2.35. The SMILES string of the molecule is O=C(NCCNC(=O)c1ccccc1C(F)(F)F)c1ccc(F)cc1F. The van der Waals surface area contributed by atoms with Crippen molar-refractivity contribution in [1.82, 2.24) is 10.6 Å². The summed E-state index contributed by atoms with van der Waals surface area (Å²) in [6.45, 7) is -0.338. The van der Waals surface area contributed by atoms with Gasteiger partial charge in [-0.3, -0.25) is 9.59 Å². The molecule has 2 amide bonds. The lowest BCUT2D eigenvalue weighted by molar-refractivity contribution is -0.137. The number of amides is 2. The van der Waals surface area contributed by atoms with Crippen molar-refractivity contribution in [2.75, 3.05) is 13.1 Å². The molecule has 2 rings (SSSR count). The first kappa shape index (κ1) is 19.4. The highest BCUT2D eigenvalue weighted by atomic mass is 19.4. The lowest BCUT2D eigenvalue weighted by atomic mass is 10.1. The van der Waals surface area contributed by atoms with E-state index in [1.165, 1.54) is 6.07 Å². The maximum Gasteiger partial charge on any atom is 0.417 e. The second kappa shape index (κ2) is 7.94. The Balaban J connectivity index is 1.91. The van der Waals surface area contributed by atoms with Gasteiger partial charge in [0.1, 0.15) is 11.6 Å². The van der Waals surface area contributed by atoms with Gasteiger partial charge in [0.15, 0.2) is 0 Å². The highest BCUT2D eigenvalue weighted by Crippen LogP contribution is 2.31. The molecule has 0 atom stereocenters. The van der Waals surface area contributed by atoms with E-state index in [4.69, 9.17) is 0 Å². The highest BCUT2D eigenvalue weighted by Gasteiger charge is 2.34. The zero-order chi connectivity index (χ0) is 19.3. The number of nitrogens with one attached hydrogen (secondary N) is 2. The third-order valence-corrected chi connectivity index (χ3v) is 3.35. The normalized spacial score (nSPS) is 11.1. The van der Waals surface area contributed by atoms with Crippen molar-refractivity contribution in [3.8, 4) is 0 Å². The van der Waals surface area contributed by atoms with Gasteiger partial charge in [-0.25, -0.2) is 8.78 Å². The molecule has 0 unspecified atom stereocenters. The summed E-state index contributed by atoms with van der Waals surface area (Å²) in [5.74, 6) is -3.69. The third kappa shape index (κ3) is 4.78. The molecule has 0 aliphatic heterocycles. The van der Waals surface area contributed by atoms with Gasteiger partial charge in [0.2, 0.25) is 0 Å². The number of carbonyl (C=O) groups excluding carboxylic acids is 2. The second-order valence-corrected chi connectivity index (χ2v) is 5.18. The smallest absolute Gasteiger partial charge is 0.350 e. The molecular formula is C17H13F5N2O2. The van der Waals surface area contributed by atoms with Crippen molar-refractivity contribution in [3.05, 3.63) is 70.8 Å². The molecule has 0 radical (unpaired) electrons. The van der Waals surface area contributed by atoms with Crippen LogP contribution in [0.1, 0.15) is 26.3 Å². The standard InChI is InChI=1S/C17H13F5N2O2/c18-10-5-6-12(14(19)9-10)16(26)24-8-7-23-15(25)11-3-1-2-4-13(11)17(20,21)22/h1-6,9H,7-8H2,(H,23,25)(H,24,26). The van der Waals surface area contributed by atoms with E-state index in [0.29, 0.717) is 6.07 Å². The zero-order valence-electron chi connectivity index (χ0n) is 13.2. The van der Waals surface area contributed by atoms with Crippen molar-refractivity contribution >= 4 is 11.8 Å². The van der Waals surface area contributed by atoms with E-state index in [2.05, 4.69) is 10.6 Å². The molecule has 0 saturated carbocycles. The van der Waals surface area contributed by atoms with E-state index < -0.39 is 40.8 Å². The first-order chi connectivity index (χ1) is 12.2. The van der Waals surface area contributed by atoms with Crippen molar-refractivity contribution in [2.45, 2.75) is 6.18 Å². The maximum absolute atomic E-state index is 13.4. The molecule has 0 fully saturated rings. The molecule has 2 N–H and O–H groups in total. The Kier molecular flexibility index (Phi) is 5.91. The van der Waals surface area contributed by atoms with Crippen molar-refractivity contribution in [3.63, 3.8) is 0 Å². The van der Waals surface area contributed by atoms with Crippen LogP contribution >= 0.6 is 0 Å². The molecular weight excluding hydrogens is 359 g/mol. The Morgan fingerprint density at radius 3 is 2.00 bits per heavy atom. The van der Waals surface area contributed by atoms with E-state index in [1.807, 2.05) is 0 Å². The largest absolute Gasteiger partial charge is 0.417 e. The Morgan fingerprint density at radius 1 is 0.846 bits per heavy atom. The van der Waals surface area contributed by atoms with Gasteiger partial charge in [-0.05, 0) is 24.3 Å². The van der Waals surface area contributed by atoms with Crippen LogP contribution in [0.4, 0.5) is 22.0 Å². The summed E-state index contributed by atoms with van der Waals surface area (Å²) >= 11 is 0. The fourth-order valence-electron chi connectivity index (χ4n) is 2.14. The van der Waals surface area contributed by atoms with Gasteiger partial charge in [0, 0.05) is 19.2 Å². The fraction of sp³-hybridized carbons (Fsp3) is 0.176. The Hall–Kier alpha value is -2.97. The van der Waals surface area contributed by atoms with Crippen LogP contribution in [0, 0.1) is 11.6 Å². The van der Waals surface area contributed by atoms with E-state index in [9.17, 15) is 31.5 Å². The van der Waals surface area contributed by atoms with Crippen molar-refractivity contribution in [2.24, 2.45) is 0 Å². The number of hydrogen-bond acceptors (Lipinski definition) is 2. The summed E-state index contributed by atoms with van der Waals surface area (Å²) in [6, 6.07) is 6.69. The van der Waals surface area contributed by atoms with Crippen LogP contribution in [-0.4, -0.2) is 24.9 Å². The van der Waals surface area contributed by atoms with Crippen LogP contribution in [-0.2, 0) is 6.18 Å². The Morgan fingerprint density at radius 2 is 1.42 bits per heavy atom. The second-order valence-electron chi connectivity index (χ2n) is 5.18. The molecule has 0 spiro atoms. The quantitative estimate of drug-likeness (QED) is 0.626. The molecule has 0 aromatic heterocycles. The third-order valence-electron chi connectivity index (χ3n) is 3.35. The minimum atomic E-state index is -4.68. The molecule has 2 aromatic rings. The Bertz CT molecular complexity index is 821. The number of carbonyl (C=O) groups is 2. The summed E-state index contributed by atoms with van der Waals surface area (Å²) in [5, 5.41) is 4.51. The van der Waals surface area contributed by atoms with Gasteiger partial charge in [-0.1, -0.05) is 12.1 Å². The summed E-state index contributed by atoms with van der Waals surface area (Å²) in [6.07, 6.45) is -4.68. The minimum Gasteiger partial charge on any atom is -0.350 e. The van der Waals surface area contributed by atoms with Crippen LogP contribution in [0.2, 0.25) is 0 Å². The van der Waals surface area contributed by atoms with E-state index in [1.54, 1.807) is 0 Å². The van der Waals surface area contributed by atoms with E-state index >= 15 is 0 Å². The minimum absolute atomic E-state index is 0.157. The van der Waals surface area contributed by atoms with Crippen LogP contribution in [0.25, 0.3) is 0 Å². The van der Waals surface area contributed by atoms with Gasteiger partial charge in [0.05, 0.1) is 16.7 Å². The summed E-state index contributed by atoms with van der Waals surface area (Å²) in [5.41, 5.74) is -2.01. The number of halogens is 5. The number of hydrogen-bond donors (Lipinski definition) is 2. The molecule has 138 valence electrons. The summed E-state index contributed by atoms with van der Waals surface area (Å²) < 4.78 is 64.8. The van der Waals surface area contributed by atoms with Crippen LogP contribution in [0.5, 0.6) is 0 Å². The average molecular weight is 372 g/mol. The molecule has 4 nitrogen and oxygen atoms in total. The highest BCUT2D eigenvalue weighted by molar-refractivity contribution is 5.96. The lowest BCUT2D eigenvalue weighted by Gasteiger charge is -2.13. The predicted molar refractivity (Wildman–Crippen MR) is 82.5 cm³/mol. The molecule has 0 saturated heterocycles. The molecule has 2 aromatic carbocycles. The van der Waals surface area contributed by atoms with Gasteiger partial charge >= 0.3 is 6.18 Å². The van der Waals surface area contributed by atoms with Gasteiger partial charge in [0.25, 0.3) is 11.8 Å². The van der Waals surface area contributed by atoms with Gasteiger partial charge in [-0.15, -0.1) is 0 Å². The topological polar surface area (TPSA) is 58.2 Å². The Labute approximate surface area is 145 Å². The molecule has 0 aliphatic rings. The molecule has 9 heteroatoms. The first-order valence-electron chi connectivity index (χ1n) is 7.38. The van der Waals surface area contributed by atoms with Gasteiger partial charge in [-0.2, -0.15) is 13.2 Å². The van der Waals surface area contributed by atoms with E-state index in [0.717, 1.165) is 30.3 Å². The maximum atomic E-state index is 13.4. The summed E-state index contributed by atoms with van der Waals surface area (Å²) in [7, 11) is 0. The van der Waals surface area contributed by atoms with E-state index in [-0.39, 0.29) is 18.7 Å². The van der Waals surface area contributed by atoms with Crippen LogP contribution < -0.4 is 10.6 Å².